The molecule has 2 aromatic carbocycles. The number of phenolic OH excluding ortho intramolecular Hbond substituents is 1. The first kappa shape index (κ1) is 17.6. The van der Waals surface area contributed by atoms with E-state index in [0.717, 1.165) is 18.4 Å². The van der Waals surface area contributed by atoms with Crippen LogP contribution in [-0.4, -0.2) is 19.3 Å². The van der Waals surface area contributed by atoms with Crippen LogP contribution >= 0.6 is 8.58 Å². The fraction of sp³-hybridized carbons (Fsp3) is 0.333. The first-order chi connectivity index (χ1) is 11.1. The van der Waals surface area contributed by atoms with Crippen molar-refractivity contribution in [3.63, 3.8) is 0 Å². The lowest BCUT2D eigenvalue weighted by Crippen LogP contribution is -2.05. The number of hydrogen-bond acceptors (Lipinski definition) is 3. The third-order valence-electron chi connectivity index (χ3n) is 3.69. The van der Waals surface area contributed by atoms with Crippen molar-refractivity contribution in [3.8, 4) is 17.2 Å². The second kappa shape index (κ2) is 8.16. The molecular weight excluding hydrogens is 314 g/mol. The Bertz CT molecular complexity index is 661. The Labute approximate surface area is 138 Å². The maximum absolute atomic E-state index is 14.0. The molecule has 2 unspecified atom stereocenters. The Balaban J connectivity index is 2.43. The molecule has 0 aliphatic heterocycles. The van der Waals surface area contributed by atoms with Crippen molar-refractivity contribution in [2.75, 3.05) is 14.2 Å². The Morgan fingerprint density at radius 3 is 2.52 bits per heavy atom. The number of benzene rings is 2. The number of hydrogen-bond donors (Lipinski definition) is 1. The lowest BCUT2D eigenvalue weighted by atomic mass is 10.1. The summed E-state index contributed by atoms with van der Waals surface area (Å²) >= 11 is 0. The first-order valence-electron chi connectivity index (χ1n) is 7.56. The first-order valence-corrected chi connectivity index (χ1v) is 8.64. The van der Waals surface area contributed by atoms with Gasteiger partial charge in [-0.2, -0.15) is 0 Å². The van der Waals surface area contributed by atoms with Gasteiger partial charge in [0.05, 0.1) is 14.2 Å². The average Bonchev–Trinajstić information content (AvgIpc) is 2.56. The summed E-state index contributed by atoms with van der Waals surface area (Å²) in [6.45, 7) is 2.08. The van der Waals surface area contributed by atoms with E-state index in [1.165, 1.54) is 13.2 Å². The minimum Gasteiger partial charge on any atom is -0.504 e. The van der Waals surface area contributed by atoms with Gasteiger partial charge < -0.3 is 14.6 Å². The molecule has 0 radical (unpaired) electrons. The van der Waals surface area contributed by atoms with Gasteiger partial charge in [-0.25, -0.2) is 4.39 Å². The third-order valence-corrected chi connectivity index (χ3v) is 5.35. The molecule has 1 N–H and O–H groups in total. The van der Waals surface area contributed by atoms with Crippen LogP contribution in [0.5, 0.6) is 17.2 Å². The van der Waals surface area contributed by atoms with E-state index in [-0.39, 0.29) is 25.8 Å². The van der Waals surface area contributed by atoms with Crippen molar-refractivity contribution >= 4 is 13.9 Å². The average molecular weight is 336 g/mol. The summed E-state index contributed by atoms with van der Waals surface area (Å²) in [5, 5.41) is 11.2. The van der Waals surface area contributed by atoms with Crippen LogP contribution < -0.4 is 14.8 Å². The summed E-state index contributed by atoms with van der Waals surface area (Å²) in [6, 6.07) is 10.2. The number of ether oxygens (including phenoxy) is 2. The van der Waals surface area contributed by atoms with Crippen LogP contribution in [-0.2, 0) is 0 Å². The highest BCUT2D eigenvalue weighted by Crippen LogP contribution is 2.47. The van der Waals surface area contributed by atoms with Crippen LogP contribution in [0.25, 0.3) is 0 Å². The number of aromatic hydroxyl groups is 1. The van der Waals surface area contributed by atoms with Gasteiger partial charge >= 0.3 is 0 Å². The van der Waals surface area contributed by atoms with Crippen molar-refractivity contribution in [3.05, 3.63) is 47.8 Å². The molecule has 23 heavy (non-hydrogen) atoms. The molecule has 124 valence electrons. The van der Waals surface area contributed by atoms with Crippen molar-refractivity contribution in [2.24, 2.45) is 0 Å². The summed E-state index contributed by atoms with van der Waals surface area (Å²) in [7, 11) is 3.30. The number of methoxy groups -OCH3 is 2. The van der Waals surface area contributed by atoms with Crippen molar-refractivity contribution < 1.29 is 19.0 Å². The SMILES string of the molecule is CCCC(Pc1ccccc1F)c1cc(OC)cc(OC)c1O. The fourth-order valence-electron chi connectivity index (χ4n) is 2.50. The molecule has 5 heteroatoms. The lowest BCUT2D eigenvalue weighted by molar-refractivity contribution is 0.360. The van der Waals surface area contributed by atoms with E-state index >= 15 is 0 Å². The normalized spacial score (nSPS) is 12.5. The zero-order valence-corrected chi connectivity index (χ0v) is 14.6. The molecule has 2 rings (SSSR count). The molecule has 0 aromatic heterocycles. The van der Waals surface area contributed by atoms with E-state index in [2.05, 4.69) is 6.92 Å². The van der Waals surface area contributed by atoms with Crippen LogP contribution in [0.3, 0.4) is 0 Å². The second-order valence-corrected chi connectivity index (χ2v) is 6.76. The van der Waals surface area contributed by atoms with Gasteiger partial charge in [0.2, 0.25) is 0 Å². The molecule has 0 aliphatic carbocycles. The molecule has 0 bridgehead atoms. The molecule has 0 heterocycles. The summed E-state index contributed by atoms with van der Waals surface area (Å²) in [5.41, 5.74) is 0.755. The fourth-order valence-corrected chi connectivity index (χ4v) is 4.10. The van der Waals surface area contributed by atoms with Gasteiger partial charge in [0.1, 0.15) is 11.6 Å². The van der Waals surface area contributed by atoms with E-state index in [9.17, 15) is 9.50 Å². The van der Waals surface area contributed by atoms with Crippen LogP contribution in [0.4, 0.5) is 4.39 Å². The number of phenols is 1. The summed E-state index contributed by atoms with van der Waals surface area (Å²) < 4.78 is 24.5. The molecule has 0 saturated heterocycles. The van der Waals surface area contributed by atoms with E-state index in [1.54, 1.807) is 25.3 Å². The van der Waals surface area contributed by atoms with Crippen LogP contribution in [0.15, 0.2) is 36.4 Å². The topological polar surface area (TPSA) is 38.7 Å². The Morgan fingerprint density at radius 1 is 1.17 bits per heavy atom. The molecule has 3 nitrogen and oxygen atoms in total. The van der Waals surface area contributed by atoms with Gasteiger partial charge in [-0.1, -0.05) is 40.1 Å². The van der Waals surface area contributed by atoms with Gasteiger partial charge in [0.15, 0.2) is 11.5 Å². The van der Waals surface area contributed by atoms with Gasteiger partial charge in [-0.3, -0.25) is 0 Å². The second-order valence-electron chi connectivity index (χ2n) is 5.23. The van der Waals surface area contributed by atoms with Crippen LogP contribution in [0, 0.1) is 5.82 Å². The molecule has 0 saturated carbocycles. The highest BCUT2D eigenvalue weighted by Gasteiger charge is 2.21. The van der Waals surface area contributed by atoms with Crippen LogP contribution in [0.1, 0.15) is 31.0 Å². The van der Waals surface area contributed by atoms with Crippen molar-refractivity contribution in [1.29, 1.82) is 0 Å². The predicted octanol–water partition coefficient (Wildman–Crippen LogP) is 4.39. The predicted molar refractivity (Wildman–Crippen MR) is 93.2 cm³/mol. The zero-order valence-electron chi connectivity index (χ0n) is 13.6. The number of halogens is 1. The molecule has 0 spiro atoms. The molecule has 2 atom stereocenters. The van der Waals surface area contributed by atoms with Gasteiger partial charge in [-0.05, 0) is 18.6 Å². The van der Waals surface area contributed by atoms with Crippen LogP contribution in [0.2, 0.25) is 0 Å². The highest BCUT2D eigenvalue weighted by atomic mass is 31.1. The minimum atomic E-state index is -0.207. The quantitative estimate of drug-likeness (QED) is 0.762. The van der Waals surface area contributed by atoms with Gasteiger partial charge in [0, 0.05) is 22.6 Å². The summed E-state index contributed by atoms with van der Waals surface area (Å²) in [6.07, 6.45) is 1.78. The van der Waals surface area contributed by atoms with E-state index in [0.29, 0.717) is 16.8 Å². The Kier molecular flexibility index (Phi) is 6.23. The molecular formula is C18H22FO3P. The largest absolute Gasteiger partial charge is 0.504 e. The number of rotatable bonds is 7. The summed E-state index contributed by atoms with van der Waals surface area (Å²) in [4.78, 5) is 0. The highest BCUT2D eigenvalue weighted by molar-refractivity contribution is 7.47. The zero-order chi connectivity index (χ0) is 16.8. The molecule has 0 fully saturated rings. The standard InChI is InChI=1S/C18H22FO3P/c1-4-7-16(23-17-9-6-5-8-14(17)19)13-10-12(21-2)11-15(22-3)18(13)20/h5-6,8-11,16,20,23H,4,7H2,1-3H3. The smallest absolute Gasteiger partial charge is 0.164 e. The van der Waals surface area contributed by atoms with Gasteiger partial charge in [-0.15, -0.1) is 0 Å². The molecule has 0 amide bonds. The molecule has 0 aliphatic rings. The maximum atomic E-state index is 14.0. The molecule has 2 aromatic rings. The minimum absolute atomic E-state index is 0.0147. The van der Waals surface area contributed by atoms with E-state index < -0.39 is 0 Å². The van der Waals surface area contributed by atoms with E-state index in [1.807, 2.05) is 12.1 Å². The Morgan fingerprint density at radius 2 is 1.91 bits per heavy atom. The third kappa shape index (κ3) is 4.14. The van der Waals surface area contributed by atoms with Crippen molar-refractivity contribution in [2.45, 2.75) is 25.4 Å². The lowest BCUT2D eigenvalue weighted by Gasteiger charge is -2.20. The maximum Gasteiger partial charge on any atom is 0.164 e. The van der Waals surface area contributed by atoms with Crippen molar-refractivity contribution in [1.82, 2.24) is 0 Å². The Hall–Kier alpha value is -1.80. The summed E-state index contributed by atoms with van der Waals surface area (Å²) in [5.74, 6) is 0.893. The van der Waals surface area contributed by atoms with E-state index in [4.69, 9.17) is 9.47 Å². The monoisotopic (exact) mass is 336 g/mol. The van der Waals surface area contributed by atoms with Gasteiger partial charge in [0.25, 0.3) is 0 Å².